The van der Waals surface area contributed by atoms with Gasteiger partial charge in [-0.2, -0.15) is 0 Å². The Bertz CT molecular complexity index is 451. The number of nitrogens with two attached hydrogens (primary N) is 1. The van der Waals surface area contributed by atoms with Crippen LogP contribution in [0, 0.1) is 0 Å². The number of hydrogen-bond acceptors (Lipinski definition) is 4. The summed E-state index contributed by atoms with van der Waals surface area (Å²) in [6.45, 7) is 2.77. The van der Waals surface area contributed by atoms with Gasteiger partial charge in [-0.05, 0) is 24.6 Å². The van der Waals surface area contributed by atoms with Gasteiger partial charge in [-0.3, -0.25) is 0 Å². The average molecular weight is 266 g/mol. The smallest absolute Gasteiger partial charge is 0.326 e. The molecule has 2 rings (SSSR count). The predicted molar refractivity (Wildman–Crippen MR) is 75.3 cm³/mol. The highest BCUT2D eigenvalue weighted by molar-refractivity contribution is 7.99. The summed E-state index contributed by atoms with van der Waals surface area (Å²) in [5.41, 5.74) is 7.46. The van der Waals surface area contributed by atoms with E-state index in [1.807, 2.05) is 30.0 Å². The van der Waals surface area contributed by atoms with Gasteiger partial charge in [0, 0.05) is 22.9 Å². The number of rotatable bonds is 4. The van der Waals surface area contributed by atoms with Crippen LogP contribution >= 0.6 is 11.8 Å². The van der Waals surface area contributed by atoms with Crippen molar-refractivity contribution in [3.05, 3.63) is 18.2 Å². The lowest BCUT2D eigenvalue weighted by molar-refractivity contribution is -0.138. The Morgan fingerprint density at radius 3 is 3.06 bits per heavy atom. The highest BCUT2D eigenvalue weighted by atomic mass is 32.2. The number of aliphatic carboxylic acids is 1. The fourth-order valence-corrected chi connectivity index (χ4v) is 3.26. The minimum Gasteiger partial charge on any atom is -0.480 e. The Morgan fingerprint density at radius 2 is 2.39 bits per heavy atom. The molecule has 5 heteroatoms. The number of nitrogens with zero attached hydrogens (tertiary/aromatic N) is 1. The van der Waals surface area contributed by atoms with Crippen molar-refractivity contribution < 1.29 is 9.90 Å². The van der Waals surface area contributed by atoms with E-state index >= 15 is 0 Å². The normalized spacial score (nSPS) is 16.2. The maximum Gasteiger partial charge on any atom is 0.326 e. The van der Waals surface area contributed by atoms with Crippen molar-refractivity contribution in [2.24, 2.45) is 0 Å². The zero-order valence-electron chi connectivity index (χ0n) is 10.4. The van der Waals surface area contributed by atoms with Gasteiger partial charge in [0.2, 0.25) is 0 Å². The summed E-state index contributed by atoms with van der Waals surface area (Å²) in [4.78, 5) is 14.5. The largest absolute Gasteiger partial charge is 0.480 e. The summed E-state index contributed by atoms with van der Waals surface area (Å²) >= 11 is 1.76. The van der Waals surface area contributed by atoms with E-state index in [4.69, 9.17) is 5.73 Å². The molecule has 1 unspecified atom stereocenters. The molecular weight excluding hydrogens is 248 g/mol. The van der Waals surface area contributed by atoms with Crippen molar-refractivity contribution in [2.75, 3.05) is 22.9 Å². The molecule has 0 spiro atoms. The fourth-order valence-electron chi connectivity index (χ4n) is 2.27. The lowest BCUT2D eigenvalue weighted by Gasteiger charge is -2.35. The van der Waals surface area contributed by atoms with E-state index in [0.29, 0.717) is 12.1 Å². The van der Waals surface area contributed by atoms with E-state index in [1.54, 1.807) is 11.8 Å². The van der Waals surface area contributed by atoms with Crippen LogP contribution in [-0.2, 0) is 4.79 Å². The van der Waals surface area contributed by atoms with Crippen molar-refractivity contribution >= 4 is 29.1 Å². The molecule has 4 nitrogen and oxygen atoms in total. The molecular formula is C13H18N2O2S. The third-order valence-corrected chi connectivity index (χ3v) is 4.15. The molecule has 0 bridgehead atoms. The molecule has 18 heavy (non-hydrogen) atoms. The van der Waals surface area contributed by atoms with Crippen molar-refractivity contribution in [3.63, 3.8) is 0 Å². The second kappa shape index (κ2) is 5.52. The number of carboxylic acids is 1. The molecule has 1 aliphatic rings. The van der Waals surface area contributed by atoms with Crippen LogP contribution in [0.4, 0.5) is 11.4 Å². The van der Waals surface area contributed by atoms with E-state index < -0.39 is 12.0 Å². The van der Waals surface area contributed by atoms with Crippen LogP contribution in [0.15, 0.2) is 23.1 Å². The van der Waals surface area contributed by atoms with Crippen LogP contribution in [0.1, 0.15) is 19.8 Å². The van der Waals surface area contributed by atoms with Gasteiger partial charge in [0.15, 0.2) is 0 Å². The number of hydrogen-bond donors (Lipinski definition) is 2. The average Bonchev–Trinajstić information content (AvgIpc) is 2.35. The molecule has 3 N–H and O–H groups in total. The monoisotopic (exact) mass is 266 g/mol. The van der Waals surface area contributed by atoms with E-state index in [1.165, 1.54) is 0 Å². The maximum absolute atomic E-state index is 11.4. The van der Waals surface area contributed by atoms with Gasteiger partial charge in [-0.1, -0.05) is 13.3 Å². The first-order valence-corrected chi connectivity index (χ1v) is 7.13. The minimum atomic E-state index is -0.753. The second-order valence-corrected chi connectivity index (χ2v) is 5.55. The van der Waals surface area contributed by atoms with Crippen molar-refractivity contribution in [3.8, 4) is 0 Å². The number of anilines is 2. The molecule has 98 valence electrons. The van der Waals surface area contributed by atoms with Crippen molar-refractivity contribution in [1.29, 1.82) is 0 Å². The van der Waals surface area contributed by atoms with E-state index in [0.717, 1.165) is 29.3 Å². The summed E-state index contributed by atoms with van der Waals surface area (Å²) in [6.07, 6.45) is 1.52. The van der Waals surface area contributed by atoms with Gasteiger partial charge < -0.3 is 15.7 Å². The van der Waals surface area contributed by atoms with Crippen LogP contribution in [0.25, 0.3) is 0 Å². The van der Waals surface area contributed by atoms with Crippen LogP contribution in [0.2, 0.25) is 0 Å². The molecule has 0 amide bonds. The lowest BCUT2D eigenvalue weighted by Crippen LogP contribution is -2.44. The van der Waals surface area contributed by atoms with E-state index in [2.05, 4.69) is 0 Å². The molecule has 0 saturated heterocycles. The molecule has 0 radical (unpaired) electrons. The van der Waals surface area contributed by atoms with Gasteiger partial charge in [0.25, 0.3) is 0 Å². The molecule has 1 aromatic carbocycles. The Hall–Kier alpha value is -1.36. The quantitative estimate of drug-likeness (QED) is 0.819. The first-order chi connectivity index (χ1) is 8.63. The molecule has 0 saturated carbocycles. The van der Waals surface area contributed by atoms with Gasteiger partial charge in [0.05, 0.1) is 5.69 Å². The van der Waals surface area contributed by atoms with Crippen molar-refractivity contribution in [2.45, 2.75) is 30.7 Å². The molecule has 1 aromatic rings. The topological polar surface area (TPSA) is 66.6 Å². The molecule has 1 atom stereocenters. The Labute approximate surface area is 111 Å². The van der Waals surface area contributed by atoms with Crippen LogP contribution in [-0.4, -0.2) is 29.4 Å². The first kappa shape index (κ1) is 13.1. The number of thioether (sulfide) groups is 1. The predicted octanol–water partition coefficient (Wildman–Crippen LogP) is 2.43. The highest BCUT2D eigenvalue weighted by Crippen LogP contribution is 2.37. The number of carboxylic acid groups (broad SMARTS) is 1. The van der Waals surface area contributed by atoms with Gasteiger partial charge in [0.1, 0.15) is 6.04 Å². The molecule has 0 aromatic heterocycles. The lowest BCUT2D eigenvalue weighted by atomic mass is 10.1. The van der Waals surface area contributed by atoms with Crippen molar-refractivity contribution in [1.82, 2.24) is 0 Å². The summed E-state index contributed by atoms with van der Waals surface area (Å²) in [5.74, 6) is 0.168. The zero-order chi connectivity index (χ0) is 13.1. The number of fused-ring (bicyclic) bond motifs is 1. The maximum atomic E-state index is 11.4. The Kier molecular flexibility index (Phi) is 4.01. The van der Waals surface area contributed by atoms with Gasteiger partial charge in [-0.15, -0.1) is 11.8 Å². The minimum absolute atomic E-state index is 0.448. The summed E-state index contributed by atoms with van der Waals surface area (Å²) in [5, 5.41) is 9.37. The molecule has 0 aliphatic carbocycles. The van der Waals surface area contributed by atoms with Crippen LogP contribution < -0.4 is 10.6 Å². The number of nitrogen functional groups attached to an aromatic ring is 1. The molecule has 0 fully saturated rings. The third-order valence-electron chi connectivity index (χ3n) is 3.11. The van der Waals surface area contributed by atoms with Gasteiger partial charge in [-0.25, -0.2) is 4.79 Å². The third kappa shape index (κ3) is 2.56. The molecule has 1 heterocycles. The van der Waals surface area contributed by atoms with E-state index in [9.17, 15) is 9.90 Å². The van der Waals surface area contributed by atoms with E-state index in [-0.39, 0.29) is 0 Å². The fraction of sp³-hybridized carbons (Fsp3) is 0.462. The SMILES string of the molecule is CCCC(C(=O)O)N1CCSc2ccc(N)cc21. The summed E-state index contributed by atoms with van der Waals surface area (Å²) in [7, 11) is 0. The van der Waals surface area contributed by atoms with Crippen LogP contribution in [0.5, 0.6) is 0 Å². The summed E-state index contributed by atoms with van der Waals surface area (Å²) < 4.78 is 0. The summed E-state index contributed by atoms with van der Waals surface area (Å²) in [6, 6.07) is 5.28. The number of benzene rings is 1. The second-order valence-electron chi connectivity index (χ2n) is 4.41. The number of carbonyl (C=O) groups is 1. The zero-order valence-corrected chi connectivity index (χ0v) is 11.2. The van der Waals surface area contributed by atoms with Crippen LogP contribution in [0.3, 0.4) is 0 Å². The Morgan fingerprint density at radius 1 is 1.61 bits per heavy atom. The molecule has 1 aliphatic heterocycles. The van der Waals surface area contributed by atoms with Gasteiger partial charge >= 0.3 is 5.97 Å². The Balaban J connectivity index is 2.35. The standard InChI is InChI=1S/C13H18N2O2S/c1-2-3-10(13(16)17)15-6-7-18-12-5-4-9(14)8-11(12)15/h4-5,8,10H,2-3,6-7,14H2,1H3,(H,16,17). The highest BCUT2D eigenvalue weighted by Gasteiger charge is 2.28. The first-order valence-electron chi connectivity index (χ1n) is 6.15.